The first-order valence-electron chi connectivity index (χ1n) is 7.66. The molecule has 0 radical (unpaired) electrons. The zero-order valence-corrected chi connectivity index (χ0v) is 13.9. The van der Waals surface area contributed by atoms with Crippen molar-refractivity contribution in [2.24, 2.45) is 0 Å². The first-order chi connectivity index (χ1) is 11.6. The molecular formula is C18H20O6. The van der Waals surface area contributed by atoms with Crippen molar-refractivity contribution in [3.8, 4) is 5.75 Å². The van der Waals surface area contributed by atoms with Gasteiger partial charge in [0.25, 0.3) is 0 Å². The summed E-state index contributed by atoms with van der Waals surface area (Å²) in [5, 5.41) is 0. The van der Waals surface area contributed by atoms with Crippen LogP contribution in [0.2, 0.25) is 0 Å². The highest BCUT2D eigenvalue weighted by atomic mass is 16.5. The molecule has 6 heteroatoms. The second-order valence-electron chi connectivity index (χ2n) is 4.93. The maximum absolute atomic E-state index is 12.3. The Labute approximate surface area is 140 Å². The smallest absolute Gasteiger partial charge is 0.338 e. The van der Waals surface area contributed by atoms with E-state index in [1.54, 1.807) is 45.2 Å². The lowest BCUT2D eigenvalue weighted by Gasteiger charge is -2.24. The average molecular weight is 332 g/mol. The maximum atomic E-state index is 12.3. The standard InChI is InChI=1S/C18H20O6/c1-4-23-17(19)14-10-22-11-15(18(20)24-5-2)16(14)12-6-8-13(21-3)9-7-12/h6-11,16H,4-5H2,1-3H3. The molecule has 0 amide bonds. The molecule has 0 aromatic heterocycles. The molecule has 1 aliphatic heterocycles. The van der Waals surface area contributed by atoms with E-state index in [0.29, 0.717) is 5.75 Å². The quantitative estimate of drug-likeness (QED) is 0.746. The van der Waals surface area contributed by atoms with Gasteiger partial charge in [0, 0.05) is 0 Å². The van der Waals surface area contributed by atoms with Gasteiger partial charge in [-0.15, -0.1) is 0 Å². The van der Waals surface area contributed by atoms with Crippen LogP contribution < -0.4 is 4.74 Å². The summed E-state index contributed by atoms with van der Waals surface area (Å²) in [6.07, 6.45) is 2.60. The Bertz CT molecular complexity index is 623. The van der Waals surface area contributed by atoms with E-state index >= 15 is 0 Å². The van der Waals surface area contributed by atoms with Crippen LogP contribution in [0, 0.1) is 0 Å². The number of esters is 2. The van der Waals surface area contributed by atoms with Gasteiger partial charge in [0.2, 0.25) is 0 Å². The molecule has 1 aliphatic rings. The SMILES string of the molecule is CCOC(=O)C1=COC=C(C(=O)OCC)C1c1ccc(OC)cc1. The van der Waals surface area contributed by atoms with Crippen LogP contribution in [0.15, 0.2) is 47.9 Å². The number of hydrogen-bond acceptors (Lipinski definition) is 6. The molecule has 0 unspecified atom stereocenters. The Morgan fingerprint density at radius 2 is 1.46 bits per heavy atom. The van der Waals surface area contributed by atoms with Gasteiger partial charge in [-0.3, -0.25) is 0 Å². The molecule has 0 saturated carbocycles. The third-order valence-corrected chi connectivity index (χ3v) is 3.48. The molecule has 1 aromatic rings. The predicted molar refractivity (Wildman–Crippen MR) is 86.3 cm³/mol. The molecule has 0 aliphatic carbocycles. The van der Waals surface area contributed by atoms with Gasteiger partial charge in [0.1, 0.15) is 18.3 Å². The van der Waals surface area contributed by atoms with Crippen molar-refractivity contribution in [3.05, 3.63) is 53.5 Å². The van der Waals surface area contributed by atoms with E-state index in [0.717, 1.165) is 5.56 Å². The number of methoxy groups -OCH3 is 1. The minimum atomic E-state index is -0.622. The van der Waals surface area contributed by atoms with Crippen molar-refractivity contribution >= 4 is 11.9 Å². The van der Waals surface area contributed by atoms with Crippen LogP contribution in [-0.2, 0) is 23.8 Å². The van der Waals surface area contributed by atoms with Crippen LogP contribution >= 0.6 is 0 Å². The summed E-state index contributed by atoms with van der Waals surface area (Å²) >= 11 is 0. The van der Waals surface area contributed by atoms with Gasteiger partial charge < -0.3 is 18.9 Å². The van der Waals surface area contributed by atoms with Crippen LogP contribution in [-0.4, -0.2) is 32.3 Å². The Morgan fingerprint density at radius 3 is 1.88 bits per heavy atom. The minimum absolute atomic E-state index is 0.226. The predicted octanol–water partition coefficient (Wildman–Crippen LogP) is 2.70. The molecule has 0 atom stereocenters. The molecule has 0 fully saturated rings. The number of carbonyl (C=O) groups excluding carboxylic acids is 2. The number of hydrogen-bond donors (Lipinski definition) is 0. The molecule has 0 spiro atoms. The lowest BCUT2D eigenvalue weighted by molar-refractivity contribution is -0.139. The maximum Gasteiger partial charge on any atom is 0.338 e. The Balaban J connectivity index is 2.42. The van der Waals surface area contributed by atoms with E-state index in [2.05, 4.69) is 0 Å². The van der Waals surface area contributed by atoms with E-state index in [9.17, 15) is 9.59 Å². The summed E-state index contributed by atoms with van der Waals surface area (Å²) in [5.74, 6) is -1.02. The average Bonchev–Trinajstić information content (AvgIpc) is 2.61. The molecule has 0 bridgehead atoms. The highest BCUT2D eigenvalue weighted by molar-refractivity contribution is 5.98. The van der Waals surface area contributed by atoms with Gasteiger partial charge >= 0.3 is 11.9 Å². The monoisotopic (exact) mass is 332 g/mol. The third kappa shape index (κ3) is 3.76. The van der Waals surface area contributed by atoms with E-state index < -0.39 is 17.9 Å². The summed E-state index contributed by atoms with van der Waals surface area (Å²) in [6.45, 7) is 3.88. The normalized spacial score (nSPS) is 14.1. The second-order valence-corrected chi connectivity index (χ2v) is 4.93. The van der Waals surface area contributed by atoms with E-state index in [1.165, 1.54) is 12.5 Å². The fourth-order valence-corrected chi connectivity index (χ4v) is 2.40. The molecule has 2 rings (SSSR count). The molecule has 0 N–H and O–H groups in total. The molecule has 24 heavy (non-hydrogen) atoms. The second kappa shape index (κ2) is 8.19. The van der Waals surface area contributed by atoms with Crippen LogP contribution in [0.25, 0.3) is 0 Å². The highest BCUT2D eigenvalue weighted by Crippen LogP contribution is 2.36. The van der Waals surface area contributed by atoms with Crippen molar-refractivity contribution in [1.82, 2.24) is 0 Å². The zero-order valence-electron chi connectivity index (χ0n) is 13.9. The van der Waals surface area contributed by atoms with Crippen LogP contribution in [0.1, 0.15) is 25.3 Å². The highest BCUT2D eigenvalue weighted by Gasteiger charge is 2.34. The van der Waals surface area contributed by atoms with Crippen molar-refractivity contribution < 1.29 is 28.5 Å². The summed E-state index contributed by atoms with van der Waals surface area (Å²) in [7, 11) is 1.57. The van der Waals surface area contributed by atoms with Gasteiger partial charge in [-0.05, 0) is 31.5 Å². The van der Waals surface area contributed by atoms with Crippen molar-refractivity contribution in [3.63, 3.8) is 0 Å². The fraction of sp³-hybridized carbons (Fsp3) is 0.333. The van der Waals surface area contributed by atoms with Gasteiger partial charge in [0.15, 0.2) is 0 Å². The lowest BCUT2D eigenvalue weighted by atomic mass is 9.84. The summed E-state index contributed by atoms with van der Waals surface area (Å²) < 4.78 is 20.5. The first-order valence-corrected chi connectivity index (χ1v) is 7.66. The third-order valence-electron chi connectivity index (χ3n) is 3.48. The Morgan fingerprint density at radius 1 is 0.958 bits per heavy atom. The molecule has 1 aromatic carbocycles. The molecule has 128 valence electrons. The van der Waals surface area contributed by atoms with Crippen molar-refractivity contribution in [2.75, 3.05) is 20.3 Å². The number of benzene rings is 1. The number of rotatable bonds is 6. The topological polar surface area (TPSA) is 71.1 Å². The van der Waals surface area contributed by atoms with Gasteiger partial charge in [0.05, 0.1) is 37.4 Å². The fourth-order valence-electron chi connectivity index (χ4n) is 2.40. The number of ether oxygens (including phenoxy) is 4. The van der Waals surface area contributed by atoms with Crippen LogP contribution in [0.3, 0.4) is 0 Å². The summed E-state index contributed by atoms with van der Waals surface area (Å²) in [4.78, 5) is 24.5. The lowest BCUT2D eigenvalue weighted by Crippen LogP contribution is -2.24. The van der Waals surface area contributed by atoms with Gasteiger partial charge in [-0.25, -0.2) is 9.59 Å². The molecule has 6 nitrogen and oxygen atoms in total. The molecule has 0 saturated heterocycles. The zero-order chi connectivity index (χ0) is 17.5. The Hall–Kier alpha value is -2.76. The van der Waals surface area contributed by atoms with Gasteiger partial charge in [-0.1, -0.05) is 12.1 Å². The van der Waals surface area contributed by atoms with Gasteiger partial charge in [-0.2, -0.15) is 0 Å². The minimum Gasteiger partial charge on any atom is -0.497 e. The molecular weight excluding hydrogens is 312 g/mol. The molecule has 1 heterocycles. The number of carbonyl (C=O) groups is 2. The first kappa shape index (κ1) is 17.6. The van der Waals surface area contributed by atoms with E-state index in [-0.39, 0.29) is 24.4 Å². The van der Waals surface area contributed by atoms with Crippen molar-refractivity contribution in [1.29, 1.82) is 0 Å². The summed E-state index contributed by atoms with van der Waals surface area (Å²) in [5.41, 5.74) is 1.22. The Kier molecular flexibility index (Phi) is 6.01. The van der Waals surface area contributed by atoms with E-state index in [1.807, 2.05) is 0 Å². The van der Waals surface area contributed by atoms with Crippen molar-refractivity contribution in [2.45, 2.75) is 19.8 Å². The van der Waals surface area contributed by atoms with E-state index in [4.69, 9.17) is 18.9 Å². The largest absolute Gasteiger partial charge is 0.497 e. The van der Waals surface area contributed by atoms with Crippen LogP contribution in [0.5, 0.6) is 5.75 Å². The summed E-state index contributed by atoms with van der Waals surface area (Å²) in [6, 6.07) is 7.09. The van der Waals surface area contributed by atoms with Crippen LogP contribution in [0.4, 0.5) is 0 Å².